The van der Waals surface area contributed by atoms with E-state index in [1.165, 1.54) is 0 Å². The molecule has 2 saturated heterocycles. The molecule has 2 aromatic rings. The zero-order chi connectivity index (χ0) is 27.3. The molecule has 0 saturated carbocycles. The van der Waals surface area contributed by atoms with Gasteiger partial charge in [-0.2, -0.15) is 5.26 Å². The number of nitriles is 1. The SMILES string of the molecule is COc1ccc(CNC(=O)C2C(Cc3ccc(C#N)cc3)NC(=O)C3(CCN(C(C)=O)CC3)CN2C)cc1. The molecule has 2 fully saturated rings. The summed E-state index contributed by atoms with van der Waals surface area (Å²) in [5.41, 5.74) is 1.75. The number of methoxy groups -OCH3 is 1. The molecule has 9 heteroatoms. The third-order valence-corrected chi connectivity index (χ3v) is 7.81. The van der Waals surface area contributed by atoms with Crippen molar-refractivity contribution in [1.29, 1.82) is 5.26 Å². The lowest BCUT2D eigenvalue weighted by molar-refractivity contribution is -0.139. The van der Waals surface area contributed by atoms with Gasteiger partial charge in [0.15, 0.2) is 0 Å². The summed E-state index contributed by atoms with van der Waals surface area (Å²) in [6.45, 7) is 3.36. The van der Waals surface area contributed by atoms with E-state index in [0.29, 0.717) is 51.0 Å². The van der Waals surface area contributed by atoms with Crippen molar-refractivity contribution in [2.75, 3.05) is 33.8 Å². The van der Waals surface area contributed by atoms with Crippen LogP contribution in [-0.2, 0) is 27.3 Å². The van der Waals surface area contributed by atoms with Crippen molar-refractivity contribution in [3.05, 3.63) is 65.2 Å². The van der Waals surface area contributed by atoms with E-state index in [1.54, 1.807) is 31.1 Å². The first-order chi connectivity index (χ1) is 18.2. The van der Waals surface area contributed by atoms with Crippen LogP contribution in [0.25, 0.3) is 0 Å². The summed E-state index contributed by atoms with van der Waals surface area (Å²) in [5.74, 6) is 0.517. The number of carbonyl (C=O) groups is 3. The van der Waals surface area contributed by atoms with Crippen molar-refractivity contribution >= 4 is 17.7 Å². The molecule has 200 valence electrons. The van der Waals surface area contributed by atoms with Gasteiger partial charge in [-0.15, -0.1) is 0 Å². The standard InChI is InChI=1S/C29H35N5O4/c1-20(35)34-14-12-29(13-15-34)19-33(2)26(27(36)31-18-23-8-10-24(38-3)11-9-23)25(32-28(29)37)16-21-4-6-22(17-30)7-5-21/h4-11,25-26H,12-16,18-19H2,1-3H3,(H,31,36)(H,32,37). The highest BCUT2D eigenvalue weighted by Crippen LogP contribution is 2.36. The van der Waals surface area contributed by atoms with Gasteiger partial charge in [0.25, 0.3) is 0 Å². The van der Waals surface area contributed by atoms with Crippen LogP contribution >= 0.6 is 0 Å². The van der Waals surface area contributed by atoms with Gasteiger partial charge in [0.1, 0.15) is 11.8 Å². The maximum Gasteiger partial charge on any atom is 0.239 e. The first-order valence-electron chi connectivity index (χ1n) is 12.9. The number of nitrogens with zero attached hydrogens (tertiary/aromatic N) is 3. The fraction of sp³-hybridized carbons (Fsp3) is 0.448. The van der Waals surface area contributed by atoms with Crippen molar-refractivity contribution in [1.82, 2.24) is 20.4 Å². The number of amides is 3. The van der Waals surface area contributed by atoms with Gasteiger partial charge in [-0.1, -0.05) is 24.3 Å². The first kappa shape index (κ1) is 27.1. The van der Waals surface area contributed by atoms with Gasteiger partial charge in [-0.25, -0.2) is 0 Å². The minimum atomic E-state index is -0.672. The zero-order valence-corrected chi connectivity index (χ0v) is 22.2. The summed E-state index contributed by atoms with van der Waals surface area (Å²) in [4.78, 5) is 43.0. The molecular formula is C29H35N5O4. The van der Waals surface area contributed by atoms with Crippen molar-refractivity contribution in [3.8, 4) is 11.8 Å². The van der Waals surface area contributed by atoms with Crippen molar-refractivity contribution in [3.63, 3.8) is 0 Å². The van der Waals surface area contributed by atoms with Gasteiger partial charge in [-0.3, -0.25) is 19.3 Å². The lowest BCUT2D eigenvalue weighted by Crippen LogP contribution is -2.56. The second-order valence-corrected chi connectivity index (χ2v) is 10.3. The van der Waals surface area contributed by atoms with Crippen LogP contribution in [0.2, 0.25) is 0 Å². The molecule has 4 rings (SSSR count). The summed E-state index contributed by atoms with van der Waals surface area (Å²) in [5, 5.41) is 15.4. The number of carbonyl (C=O) groups excluding carboxylic acids is 3. The molecule has 2 aliphatic rings. The Kier molecular flexibility index (Phi) is 8.32. The van der Waals surface area contributed by atoms with Crippen molar-refractivity contribution < 1.29 is 19.1 Å². The number of likely N-dealkylation sites (tertiary alicyclic amines) is 1. The van der Waals surface area contributed by atoms with Gasteiger partial charge in [0.2, 0.25) is 17.7 Å². The number of hydrogen-bond acceptors (Lipinski definition) is 6. The number of rotatable bonds is 6. The van der Waals surface area contributed by atoms with Gasteiger partial charge >= 0.3 is 0 Å². The van der Waals surface area contributed by atoms with E-state index in [0.717, 1.165) is 16.9 Å². The molecule has 2 N–H and O–H groups in total. The van der Waals surface area contributed by atoms with E-state index in [-0.39, 0.29) is 17.7 Å². The van der Waals surface area contributed by atoms with Crippen LogP contribution in [-0.4, -0.2) is 73.4 Å². The Morgan fingerprint density at radius 1 is 1.11 bits per heavy atom. The molecule has 0 radical (unpaired) electrons. The number of hydrogen-bond donors (Lipinski definition) is 2. The molecule has 9 nitrogen and oxygen atoms in total. The van der Waals surface area contributed by atoms with E-state index in [2.05, 4.69) is 16.7 Å². The second kappa shape index (κ2) is 11.7. The van der Waals surface area contributed by atoms with Crippen LogP contribution in [0, 0.1) is 16.7 Å². The average molecular weight is 518 g/mol. The van der Waals surface area contributed by atoms with Gasteiger partial charge in [0.05, 0.1) is 30.2 Å². The summed E-state index contributed by atoms with van der Waals surface area (Å²) in [6, 6.07) is 15.8. The molecule has 2 heterocycles. The molecule has 2 aliphatic heterocycles. The largest absolute Gasteiger partial charge is 0.497 e. The van der Waals surface area contributed by atoms with Crippen LogP contribution < -0.4 is 15.4 Å². The average Bonchev–Trinajstić information content (AvgIpc) is 3.01. The number of piperidine rings is 1. The predicted octanol–water partition coefficient (Wildman–Crippen LogP) is 1.85. The second-order valence-electron chi connectivity index (χ2n) is 10.3. The molecular weight excluding hydrogens is 482 g/mol. The summed E-state index contributed by atoms with van der Waals surface area (Å²) in [7, 11) is 3.50. The van der Waals surface area contributed by atoms with Crippen LogP contribution in [0.3, 0.4) is 0 Å². The molecule has 0 aromatic heterocycles. The lowest BCUT2D eigenvalue weighted by atomic mass is 9.77. The highest BCUT2D eigenvalue weighted by atomic mass is 16.5. The Balaban J connectivity index is 1.56. The minimum absolute atomic E-state index is 0.0108. The Hall–Kier alpha value is -3.90. The van der Waals surface area contributed by atoms with E-state index in [4.69, 9.17) is 10.00 Å². The zero-order valence-electron chi connectivity index (χ0n) is 22.2. The fourth-order valence-electron chi connectivity index (χ4n) is 5.54. The fourth-order valence-corrected chi connectivity index (χ4v) is 5.54. The van der Waals surface area contributed by atoms with Crippen LogP contribution in [0.15, 0.2) is 48.5 Å². The van der Waals surface area contributed by atoms with Gasteiger partial charge in [0, 0.05) is 33.1 Å². The Labute approximate surface area is 223 Å². The maximum absolute atomic E-state index is 13.7. The van der Waals surface area contributed by atoms with E-state index in [1.807, 2.05) is 48.3 Å². The molecule has 0 aliphatic carbocycles. The third-order valence-electron chi connectivity index (χ3n) is 7.81. The van der Waals surface area contributed by atoms with Crippen molar-refractivity contribution in [2.24, 2.45) is 5.41 Å². The quantitative estimate of drug-likeness (QED) is 0.605. The van der Waals surface area contributed by atoms with Crippen LogP contribution in [0.5, 0.6) is 5.75 Å². The molecule has 3 amide bonds. The van der Waals surface area contributed by atoms with Crippen molar-refractivity contribution in [2.45, 2.75) is 44.8 Å². The molecule has 2 aromatic carbocycles. The van der Waals surface area contributed by atoms with E-state index >= 15 is 0 Å². The molecule has 38 heavy (non-hydrogen) atoms. The summed E-state index contributed by atoms with van der Waals surface area (Å²) in [6.07, 6.45) is 1.54. The number of nitrogens with one attached hydrogen (secondary N) is 2. The Morgan fingerprint density at radius 2 is 1.74 bits per heavy atom. The third kappa shape index (κ3) is 5.97. The van der Waals surface area contributed by atoms with Gasteiger partial charge < -0.3 is 20.3 Å². The number of likely N-dealkylation sites (N-methyl/N-ethyl adjacent to an activating group) is 1. The van der Waals surface area contributed by atoms with Gasteiger partial charge in [-0.05, 0) is 61.7 Å². The van der Waals surface area contributed by atoms with E-state index < -0.39 is 17.5 Å². The highest BCUT2D eigenvalue weighted by molar-refractivity contribution is 5.88. The smallest absolute Gasteiger partial charge is 0.239 e. The van der Waals surface area contributed by atoms with E-state index in [9.17, 15) is 14.4 Å². The molecule has 2 atom stereocenters. The summed E-state index contributed by atoms with van der Waals surface area (Å²) < 4.78 is 5.21. The first-order valence-corrected chi connectivity index (χ1v) is 12.9. The lowest BCUT2D eigenvalue weighted by Gasteiger charge is -2.41. The van der Waals surface area contributed by atoms with Crippen LogP contribution in [0.1, 0.15) is 36.5 Å². The number of ether oxygens (including phenoxy) is 1. The molecule has 2 unspecified atom stereocenters. The maximum atomic E-state index is 13.7. The summed E-state index contributed by atoms with van der Waals surface area (Å²) >= 11 is 0. The monoisotopic (exact) mass is 517 g/mol. The van der Waals surface area contributed by atoms with Crippen LogP contribution in [0.4, 0.5) is 0 Å². The highest BCUT2D eigenvalue weighted by Gasteiger charge is 2.49. The number of benzene rings is 2. The Morgan fingerprint density at radius 3 is 2.32 bits per heavy atom. The normalized spacial score (nSPS) is 21.2. The predicted molar refractivity (Wildman–Crippen MR) is 142 cm³/mol. The molecule has 0 bridgehead atoms. The minimum Gasteiger partial charge on any atom is -0.497 e. The Bertz CT molecular complexity index is 1200. The topological polar surface area (TPSA) is 115 Å². The molecule has 1 spiro atoms.